The number of hydrogen-bond donors (Lipinski definition) is 1. The highest BCUT2D eigenvalue weighted by atomic mass is 16.5. The van der Waals surface area contributed by atoms with Gasteiger partial charge in [0.1, 0.15) is 11.5 Å². The van der Waals surface area contributed by atoms with E-state index in [9.17, 15) is 5.11 Å². The van der Waals surface area contributed by atoms with Crippen molar-refractivity contribution in [2.45, 2.75) is 39.2 Å². The number of nitrogens with zero attached hydrogens (tertiary/aromatic N) is 1. The first-order chi connectivity index (χ1) is 14.1. The Kier molecular flexibility index (Phi) is 4.42. The van der Waals surface area contributed by atoms with E-state index >= 15 is 0 Å². The second-order valence-electron chi connectivity index (χ2n) is 8.79. The second-order valence-corrected chi connectivity index (χ2v) is 8.79. The number of methoxy groups -OCH3 is 1. The molecule has 0 unspecified atom stereocenters. The zero-order valence-electron chi connectivity index (χ0n) is 17.5. The van der Waals surface area contributed by atoms with Crippen molar-refractivity contribution < 1.29 is 9.84 Å². The molecule has 1 saturated heterocycles. The molecule has 0 bridgehead atoms. The Morgan fingerprint density at radius 1 is 1.00 bits per heavy atom. The Morgan fingerprint density at radius 3 is 2.52 bits per heavy atom. The Balaban J connectivity index is 1.64. The summed E-state index contributed by atoms with van der Waals surface area (Å²) in [5, 5.41) is 13.3. The van der Waals surface area contributed by atoms with E-state index in [0.717, 1.165) is 28.6 Å². The van der Waals surface area contributed by atoms with Gasteiger partial charge in [0.05, 0.1) is 13.2 Å². The molecule has 29 heavy (non-hydrogen) atoms. The van der Waals surface area contributed by atoms with Gasteiger partial charge in [-0.2, -0.15) is 0 Å². The van der Waals surface area contributed by atoms with Gasteiger partial charge in [-0.15, -0.1) is 0 Å². The van der Waals surface area contributed by atoms with Crippen LogP contribution < -0.4 is 9.64 Å². The number of fused-ring (bicyclic) bond motifs is 2. The minimum atomic E-state index is 0.222. The van der Waals surface area contributed by atoms with E-state index in [1.165, 1.54) is 36.1 Å². The molecule has 1 heterocycles. The van der Waals surface area contributed by atoms with Crippen LogP contribution in [0.3, 0.4) is 0 Å². The molecule has 2 aliphatic rings. The summed E-state index contributed by atoms with van der Waals surface area (Å²) in [6, 6.07) is 17.2. The van der Waals surface area contributed by atoms with Crippen molar-refractivity contribution >= 4 is 16.5 Å². The summed E-state index contributed by atoms with van der Waals surface area (Å²) in [7, 11) is 1.74. The molecule has 5 rings (SSSR count). The predicted molar refractivity (Wildman–Crippen MR) is 119 cm³/mol. The first-order valence-electron chi connectivity index (χ1n) is 10.7. The summed E-state index contributed by atoms with van der Waals surface area (Å²) in [6.45, 7) is 5.30. The van der Waals surface area contributed by atoms with Gasteiger partial charge in [0.15, 0.2) is 0 Å². The van der Waals surface area contributed by atoms with Crippen LogP contribution in [-0.4, -0.2) is 18.8 Å². The smallest absolute Gasteiger partial charge is 0.128 e. The number of anilines is 1. The van der Waals surface area contributed by atoms with Crippen molar-refractivity contribution in [1.29, 1.82) is 0 Å². The number of phenolic OH excluding ortho intramolecular Hbond substituents is 1. The number of aryl methyl sites for hydroxylation is 2. The van der Waals surface area contributed by atoms with Gasteiger partial charge >= 0.3 is 0 Å². The van der Waals surface area contributed by atoms with Gasteiger partial charge in [0.2, 0.25) is 0 Å². The molecule has 3 heteroatoms. The summed E-state index contributed by atoms with van der Waals surface area (Å²) in [5.74, 6) is 2.73. The third-order valence-electron chi connectivity index (χ3n) is 7.12. The Morgan fingerprint density at radius 2 is 1.76 bits per heavy atom. The standard InChI is InChI=1S/C26H29NO2/c1-16-13-20(14-17(2)26(16)29-3)27-15-19-8-6-10-21(19)24(27)23-12-11-18-7-4-5-9-22(18)25(23)28/h4-5,7,9,11-14,19,21,24,28H,6,8,10,15H2,1-3H3/t19-,21-,24-/m0/s1. The molecule has 0 radical (unpaired) electrons. The van der Waals surface area contributed by atoms with Crippen LogP contribution in [0, 0.1) is 25.7 Å². The van der Waals surface area contributed by atoms with Gasteiger partial charge in [-0.3, -0.25) is 0 Å². The first kappa shape index (κ1) is 18.4. The van der Waals surface area contributed by atoms with Crippen LogP contribution in [0.1, 0.15) is 42.0 Å². The van der Waals surface area contributed by atoms with Crippen LogP contribution in [0.25, 0.3) is 10.8 Å². The lowest BCUT2D eigenvalue weighted by Gasteiger charge is -2.32. The van der Waals surface area contributed by atoms with Crippen molar-refractivity contribution in [2.75, 3.05) is 18.6 Å². The molecule has 1 saturated carbocycles. The van der Waals surface area contributed by atoms with E-state index in [1.807, 2.05) is 18.2 Å². The molecular weight excluding hydrogens is 358 g/mol. The molecule has 2 fully saturated rings. The van der Waals surface area contributed by atoms with Gasteiger partial charge in [0.25, 0.3) is 0 Å². The molecule has 0 amide bonds. The van der Waals surface area contributed by atoms with E-state index in [0.29, 0.717) is 17.6 Å². The molecule has 1 N–H and O–H groups in total. The summed E-state index contributed by atoms with van der Waals surface area (Å²) >= 11 is 0. The maximum absolute atomic E-state index is 11.2. The first-order valence-corrected chi connectivity index (χ1v) is 10.7. The third kappa shape index (κ3) is 2.87. The van der Waals surface area contributed by atoms with Gasteiger partial charge in [-0.05, 0) is 67.2 Å². The minimum absolute atomic E-state index is 0.222. The van der Waals surface area contributed by atoms with Crippen molar-refractivity contribution in [2.24, 2.45) is 11.8 Å². The molecule has 3 nitrogen and oxygen atoms in total. The van der Waals surface area contributed by atoms with Crippen LogP contribution in [0.4, 0.5) is 5.69 Å². The lowest BCUT2D eigenvalue weighted by Crippen LogP contribution is -2.26. The molecule has 150 valence electrons. The normalized spacial score (nSPS) is 23.6. The molecular formula is C26H29NO2. The Hall–Kier alpha value is -2.68. The number of ether oxygens (including phenoxy) is 1. The van der Waals surface area contributed by atoms with Crippen LogP contribution in [0.5, 0.6) is 11.5 Å². The fraction of sp³-hybridized carbons (Fsp3) is 0.385. The van der Waals surface area contributed by atoms with Crippen LogP contribution in [0.2, 0.25) is 0 Å². The quantitative estimate of drug-likeness (QED) is 0.585. The molecule has 1 aliphatic heterocycles. The number of hydrogen-bond acceptors (Lipinski definition) is 3. The minimum Gasteiger partial charge on any atom is -0.507 e. The summed E-state index contributed by atoms with van der Waals surface area (Å²) in [4.78, 5) is 2.54. The van der Waals surface area contributed by atoms with Crippen molar-refractivity contribution in [1.82, 2.24) is 0 Å². The molecule has 0 aromatic heterocycles. The zero-order valence-corrected chi connectivity index (χ0v) is 17.5. The highest BCUT2D eigenvalue weighted by molar-refractivity contribution is 5.89. The van der Waals surface area contributed by atoms with Crippen LogP contribution in [0.15, 0.2) is 48.5 Å². The second kappa shape index (κ2) is 6.98. The van der Waals surface area contributed by atoms with Crippen molar-refractivity contribution in [3.05, 3.63) is 65.2 Å². The number of phenols is 1. The molecule has 0 spiro atoms. The largest absolute Gasteiger partial charge is 0.507 e. The van der Waals surface area contributed by atoms with E-state index in [1.54, 1.807) is 7.11 Å². The summed E-state index contributed by atoms with van der Waals surface area (Å²) < 4.78 is 5.59. The molecule has 1 aliphatic carbocycles. The fourth-order valence-corrected chi connectivity index (χ4v) is 5.90. The highest BCUT2D eigenvalue weighted by Gasteiger charge is 2.46. The Labute approximate surface area is 172 Å². The third-order valence-corrected chi connectivity index (χ3v) is 7.12. The average Bonchev–Trinajstić information content (AvgIpc) is 3.30. The molecule has 3 atom stereocenters. The maximum Gasteiger partial charge on any atom is 0.128 e. The summed E-state index contributed by atoms with van der Waals surface area (Å²) in [5.41, 5.74) is 4.65. The molecule has 3 aromatic carbocycles. The van der Waals surface area contributed by atoms with E-state index in [4.69, 9.17) is 4.74 Å². The zero-order chi connectivity index (χ0) is 20.1. The lowest BCUT2D eigenvalue weighted by atomic mass is 9.87. The summed E-state index contributed by atoms with van der Waals surface area (Å²) in [6.07, 6.45) is 3.83. The number of aromatic hydroxyl groups is 1. The van der Waals surface area contributed by atoms with E-state index < -0.39 is 0 Å². The van der Waals surface area contributed by atoms with Gasteiger partial charge < -0.3 is 14.7 Å². The average molecular weight is 388 g/mol. The van der Waals surface area contributed by atoms with Crippen LogP contribution >= 0.6 is 0 Å². The fourth-order valence-electron chi connectivity index (χ4n) is 5.90. The van der Waals surface area contributed by atoms with Gasteiger partial charge in [-0.1, -0.05) is 42.8 Å². The van der Waals surface area contributed by atoms with Crippen LogP contribution in [-0.2, 0) is 0 Å². The topological polar surface area (TPSA) is 32.7 Å². The van der Waals surface area contributed by atoms with Gasteiger partial charge in [0, 0.05) is 23.2 Å². The number of benzene rings is 3. The van der Waals surface area contributed by atoms with Gasteiger partial charge in [-0.25, -0.2) is 0 Å². The number of rotatable bonds is 3. The van der Waals surface area contributed by atoms with E-state index in [-0.39, 0.29) is 6.04 Å². The van der Waals surface area contributed by atoms with Crippen molar-refractivity contribution in [3.8, 4) is 11.5 Å². The Bertz CT molecular complexity index is 1050. The highest BCUT2D eigenvalue weighted by Crippen LogP contribution is 2.53. The predicted octanol–water partition coefficient (Wildman–Crippen LogP) is 6.15. The SMILES string of the molecule is COc1c(C)cc(N2C[C@@H]3CCC[C@@H]3[C@H]2c2ccc3ccccc3c2O)cc1C. The monoisotopic (exact) mass is 387 g/mol. The molecule has 3 aromatic rings. The lowest BCUT2D eigenvalue weighted by molar-refractivity contribution is 0.407. The maximum atomic E-state index is 11.2. The van der Waals surface area contributed by atoms with Crippen molar-refractivity contribution in [3.63, 3.8) is 0 Å². The van der Waals surface area contributed by atoms with E-state index in [2.05, 4.69) is 49.1 Å².